The molecule has 0 radical (unpaired) electrons. The second kappa shape index (κ2) is 10.3. The van der Waals surface area contributed by atoms with Gasteiger partial charge in [-0.25, -0.2) is 0 Å². The molecule has 31 heavy (non-hydrogen) atoms. The van der Waals surface area contributed by atoms with Gasteiger partial charge in [-0.15, -0.1) is 11.3 Å². The minimum Gasteiger partial charge on any atom is -0.467 e. The van der Waals surface area contributed by atoms with Gasteiger partial charge >= 0.3 is 0 Å². The van der Waals surface area contributed by atoms with E-state index in [4.69, 9.17) is 16.6 Å². The molecule has 3 atom stereocenters. The number of carbonyl (C=O) groups excluding carboxylic acids is 2. The maximum atomic E-state index is 12.4. The predicted molar refractivity (Wildman–Crippen MR) is 122 cm³/mol. The van der Waals surface area contributed by atoms with Gasteiger partial charge in [0.15, 0.2) is 5.11 Å². The molecular formula is C21H27N5O3S2. The largest absolute Gasteiger partial charge is 0.467 e. The molecule has 0 spiro atoms. The average molecular weight is 462 g/mol. The van der Waals surface area contributed by atoms with E-state index < -0.39 is 0 Å². The lowest BCUT2D eigenvalue weighted by Gasteiger charge is -2.37. The van der Waals surface area contributed by atoms with Crippen LogP contribution in [0.2, 0.25) is 0 Å². The van der Waals surface area contributed by atoms with Crippen LogP contribution in [0, 0.1) is 0 Å². The molecule has 0 unspecified atom stereocenters. The van der Waals surface area contributed by atoms with Crippen molar-refractivity contribution in [2.45, 2.75) is 50.5 Å². The standard InChI is InChI=1S/C21H27N5O3S2/c27-19(22-12-17-4-2-8-31-17)6-5-15-10-23-20(28)18-9-14(13-26(15)18)25-21(30)24-11-16-3-1-7-29-16/h1-4,7-8,14-15,18H,5-6,9-13H2,(H,22,27)(H,23,28)(H2,24,25,30)/t14-,15-,18+/m1/s1. The maximum Gasteiger partial charge on any atom is 0.237 e. The van der Waals surface area contributed by atoms with Crippen LogP contribution < -0.4 is 21.3 Å². The van der Waals surface area contributed by atoms with Gasteiger partial charge in [-0.05, 0) is 48.6 Å². The number of fused-ring (bicyclic) bond motifs is 1. The number of nitrogens with zero attached hydrogens (tertiary/aromatic N) is 1. The van der Waals surface area contributed by atoms with Crippen LogP contribution in [0.4, 0.5) is 0 Å². The van der Waals surface area contributed by atoms with Crippen molar-refractivity contribution in [2.75, 3.05) is 13.1 Å². The van der Waals surface area contributed by atoms with Crippen molar-refractivity contribution < 1.29 is 14.0 Å². The number of piperazine rings is 1. The minimum atomic E-state index is -0.182. The summed E-state index contributed by atoms with van der Waals surface area (Å²) in [5, 5.41) is 15.0. The van der Waals surface area contributed by atoms with E-state index >= 15 is 0 Å². The second-order valence-corrected chi connectivity index (χ2v) is 9.29. The number of hydrogen-bond donors (Lipinski definition) is 4. The van der Waals surface area contributed by atoms with Crippen molar-refractivity contribution in [3.63, 3.8) is 0 Å². The highest BCUT2D eigenvalue weighted by atomic mass is 32.1. The molecule has 10 heteroatoms. The van der Waals surface area contributed by atoms with Gasteiger partial charge in [-0.3, -0.25) is 14.5 Å². The smallest absolute Gasteiger partial charge is 0.237 e. The molecule has 2 aliphatic rings. The Morgan fingerprint density at radius 1 is 1.29 bits per heavy atom. The molecule has 4 rings (SSSR count). The van der Waals surface area contributed by atoms with E-state index in [1.54, 1.807) is 17.6 Å². The van der Waals surface area contributed by atoms with Crippen LogP contribution >= 0.6 is 23.6 Å². The number of carbonyl (C=O) groups is 2. The summed E-state index contributed by atoms with van der Waals surface area (Å²) in [6.07, 6.45) is 3.47. The zero-order chi connectivity index (χ0) is 21.6. The fourth-order valence-electron chi connectivity index (χ4n) is 4.15. The highest BCUT2D eigenvalue weighted by molar-refractivity contribution is 7.80. The zero-order valence-electron chi connectivity index (χ0n) is 17.1. The highest BCUT2D eigenvalue weighted by Crippen LogP contribution is 2.25. The SMILES string of the molecule is O=C(CC[C@@H]1CNC(=O)[C@@H]2C[C@@H](NC(=S)NCc3ccco3)CN12)NCc1cccs1. The molecule has 2 amide bonds. The molecule has 0 bridgehead atoms. The molecule has 2 aromatic rings. The van der Waals surface area contributed by atoms with Gasteiger partial charge in [-0.2, -0.15) is 0 Å². The molecule has 0 saturated carbocycles. The zero-order valence-corrected chi connectivity index (χ0v) is 18.8. The molecule has 4 N–H and O–H groups in total. The minimum absolute atomic E-state index is 0.0408. The Labute approximate surface area is 190 Å². The third-order valence-corrected chi connectivity index (χ3v) is 6.84. The monoisotopic (exact) mass is 461 g/mol. The third-order valence-electron chi connectivity index (χ3n) is 5.71. The summed E-state index contributed by atoms with van der Waals surface area (Å²) in [4.78, 5) is 28.0. The second-order valence-electron chi connectivity index (χ2n) is 7.85. The number of rotatable bonds is 8. The van der Waals surface area contributed by atoms with Crippen LogP contribution in [0.3, 0.4) is 0 Å². The quantitative estimate of drug-likeness (QED) is 0.441. The Balaban J connectivity index is 1.23. The summed E-state index contributed by atoms with van der Waals surface area (Å²) < 4.78 is 5.30. The van der Waals surface area contributed by atoms with Crippen LogP contribution in [0.1, 0.15) is 29.9 Å². The van der Waals surface area contributed by atoms with Crippen LogP contribution in [0.15, 0.2) is 40.3 Å². The molecule has 2 saturated heterocycles. The first-order valence-electron chi connectivity index (χ1n) is 10.5. The molecule has 0 aromatic carbocycles. The Morgan fingerprint density at radius 3 is 2.97 bits per heavy atom. The lowest BCUT2D eigenvalue weighted by Crippen LogP contribution is -2.58. The molecule has 2 aliphatic heterocycles. The molecule has 0 aliphatic carbocycles. The van der Waals surface area contributed by atoms with E-state index in [1.165, 1.54) is 0 Å². The van der Waals surface area contributed by atoms with Gasteiger partial charge in [-0.1, -0.05) is 6.07 Å². The highest BCUT2D eigenvalue weighted by Gasteiger charge is 2.43. The van der Waals surface area contributed by atoms with Gasteiger partial charge in [0.25, 0.3) is 0 Å². The molecule has 8 nitrogen and oxygen atoms in total. The topological polar surface area (TPSA) is 98.6 Å². The maximum absolute atomic E-state index is 12.4. The van der Waals surface area contributed by atoms with E-state index in [0.29, 0.717) is 44.0 Å². The average Bonchev–Trinajstić information content (AvgIpc) is 3.52. The molecular weight excluding hydrogens is 434 g/mol. The lowest BCUT2D eigenvalue weighted by molar-refractivity contribution is -0.129. The van der Waals surface area contributed by atoms with E-state index in [-0.39, 0.29) is 29.9 Å². The Bertz CT molecular complexity index is 887. The summed E-state index contributed by atoms with van der Waals surface area (Å²) in [5.41, 5.74) is 0. The van der Waals surface area contributed by atoms with Gasteiger partial charge < -0.3 is 25.7 Å². The first-order chi connectivity index (χ1) is 15.1. The van der Waals surface area contributed by atoms with Gasteiger partial charge in [0.2, 0.25) is 11.8 Å². The van der Waals surface area contributed by atoms with Crippen molar-refractivity contribution in [1.29, 1.82) is 0 Å². The first-order valence-corrected chi connectivity index (χ1v) is 11.8. The van der Waals surface area contributed by atoms with Crippen molar-refractivity contribution >= 4 is 40.5 Å². The summed E-state index contributed by atoms with van der Waals surface area (Å²) >= 11 is 7.03. The van der Waals surface area contributed by atoms with E-state index in [0.717, 1.165) is 17.2 Å². The lowest BCUT2D eigenvalue weighted by atomic mass is 10.0. The first kappa shape index (κ1) is 21.8. The van der Waals surface area contributed by atoms with Gasteiger partial charge in [0, 0.05) is 36.5 Å². The Hall–Kier alpha value is -2.43. The number of furan rings is 1. The fourth-order valence-corrected chi connectivity index (χ4v) is 5.03. The normalized spacial score (nSPS) is 23.1. The van der Waals surface area contributed by atoms with Gasteiger partial charge in [0.1, 0.15) is 5.76 Å². The van der Waals surface area contributed by atoms with E-state index in [2.05, 4.69) is 26.2 Å². The summed E-state index contributed by atoms with van der Waals surface area (Å²) in [7, 11) is 0. The molecule has 4 heterocycles. The van der Waals surface area contributed by atoms with Crippen molar-refractivity contribution in [2.24, 2.45) is 0 Å². The molecule has 2 fully saturated rings. The number of amides is 2. The van der Waals surface area contributed by atoms with E-state index in [1.807, 2.05) is 29.6 Å². The summed E-state index contributed by atoms with van der Waals surface area (Å²) in [6, 6.07) is 7.76. The number of hydrogen-bond acceptors (Lipinski definition) is 6. The number of nitrogens with one attached hydrogen (secondary N) is 4. The summed E-state index contributed by atoms with van der Waals surface area (Å²) in [6.45, 7) is 2.38. The number of thiocarbonyl (C=S) groups is 1. The van der Waals surface area contributed by atoms with Crippen LogP contribution in [0.25, 0.3) is 0 Å². The van der Waals surface area contributed by atoms with Crippen molar-refractivity contribution in [1.82, 2.24) is 26.2 Å². The van der Waals surface area contributed by atoms with Crippen LogP contribution in [-0.4, -0.2) is 53.0 Å². The summed E-state index contributed by atoms with van der Waals surface area (Å²) in [5.74, 6) is 0.904. The third kappa shape index (κ3) is 5.84. The Kier molecular flexibility index (Phi) is 7.21. The Morgan fingerprint density at radius 2 is 2.19 bits per heavy atom. The van der Waals surface area contributed by atoms with Crippen LogP contribution in [-0.2, 0) is 22.7 Å². The van der Waals surface area contributed by atoms with Crippen LogP contribution in [0.5, 0.6) is 0 Å². The fraction of sp³-hybridized carbons (Fsp3) is 0.476. The van der Waals surface area contributed by atoms with Crippen molar-refractivity contribution in [3.8, 4) is 0 Å². The van der Waals surface area contributed by atoms with Gasteiger partial charge in [0.05, 0.1) is 25.4 Å². The molecule has 2 aromatic heterocycles. The predicted octanol–water partition coefficient (Wildman–Crippen LogP) is 1.34. The number of thiophene rings is 1. The van der Waals surface area contributed by atoms with E-state index in [9.17, 15) is 9.59 Å². The van der Waals surface area contributed by atoms with Crippen molar-refractivity contribution in [3.05, 3.63) is 46.5 Å². The molecule has 166 valence electrons.